The summed E-state index contributed by atoms with van der Waals surface area (Å²) in [7, 11) is 0. The molecule has 0 unspecified atom stereocenters. The van der Waals surface area contributed by atoms with Crippen LogP contribution in [-0.2, 0) is 0 Å². The van der Waals surface area contributed by atoms with E-state index in [0.717, 1.165) is 0 Å². The van der Waals surface area contributed by atoms with Gasteiger partial charge in [0.1, 0.15) is 0 Å². The van der Waals surface area contributed by atoms with E-state index >= 15 is 0 Å². The minimum atomic E-state index is -0.120. The van der Waals surface area contributed by atoms with Crippen molar-refractivity contribution in [3.63, 3.8) is 0 Å². The second-order valence-corrected chi connectivity index (χ2v) is 4.31. The molecule has 86 valence electrons. The van der Waals surface area contributed by atoms with Crippen molar-refractivity contribution < 1.29 is 14.3 Å². The average Bonchev–Trinajstić information content (AvgIpc) is 2.99. The third kappa shape index (κ3) is 1.97. The lowest BCUT2D eigenvalue weighted by atomic mass is 10.2. The Morgan fingerprint density at radius 3 is 2.94 bits per heavy atom. The normalized spacial score (nSPS) is 12.5. The molecular formula is C12H9NO3S. The van der Waals surface area contributed by atoms with Crippen LogP contribution in [0, 0.1) is 0 Å². The zero-order valence-electron chi connectivity index (χ0n) is 8.80. The fraction of sp³-hybridized carbons (Fsp3) is 0.0833. The first-order valence-corrected chi connectivity index (χ1v) is 6.00. The van der Waals surface area contributed by atoms with Gasteiger partial charge in [-0.2, -0.15) is 11.3 Å². The minimum Gasteiger partial charge on any atom is -0.454 e. The van der Waals surface area contributed by atoms with E-state index in [9.17, 15) is 4.79 Å². The van der Waals surface area contributed by atoms with Gasteiger partial charge in [0.15, 0.2) is 11.5 Å². The Labute approximate surface area is 102 Å². The first kappa shape index (κ1) is 10.2. The number of amides is 1. The Hall–Kier alpha value is -2.01. The summed E-state index contributed by atoms with van der Waals surface area (Å²) < 4.78 is 10.4. The average molecular weight is 247 g/mol. The Kier molecular flexibility index (Phi) is 2.45. The number of nitrogens with one attached hydrogen (secondary N) is 1. The third-order valence-electron chi connectivity index (χ3n) is 2.41. The van der Waals surface area contributed by atoms with Crippen LogP contribution in [0.3, 0.4) is 0 Å². The molecule has 1 N–H and O–H groups in total. The molecule has 2 aromatic rings. The van der Waals surface area contributed by atoms with Crippen molar-refractivity contribution in [1.82, 2.24) is 0 Å². The van der Waals surface area contributed by atoms with Crippen LogP contribution in [0.1, 0.15) is 10.4 Å². The Balaban J connectivity index is 1.80. The van der Waals surface area contributed by atoms with Crippen LogP contribution in [0.2, 0.25) is 0 Å². The molecule has 5 heteroatoms. The molecule has 3 rings (SSSR count). The molecule has 0 spiro atoms. The molecule has 0 radical (unpaired) electrons. The van der Waals surface area contributed by atoms with Gasteiger partial charge in [0, 0.05) is 17.1 Å². The summed E-state index contributed by atoms with van der Waals surface area (Å²) in [6.07, 6.45) is 0. The van der Waals surface area contributed by atoms with Gasteiger partial charge in [0.25, 0.3) is 5.91 Å². The predicted octanol–water partition coefficient (Wildman–Crippen LogP) is 2.73. The van der Waals surface area contributed by atoms with Crippen LogP contribution in [-0.4, -0.2) is 12.7 Å². The van der Waals surface area contributed by atoms with Crippen LogP contribution in [0.4, 0.5) is 5.69 Å². The number of hydrogen-bond acceptors (Lipinski definition) is 4. The number of benzene rings is 1. The van der Waals surface area contributed by atoms with Gasteiger partial charge in [-0.05, 0) is 23.6 Å². The van der Waals surface area contributed by atoms with E-state index in [2.05, 4.69) is 5.32 Å². The minimum absolute atomic E-state index is 0.120. The van der Waals surface area contributed by atoms with Gasteiger partial charge in [-0.15, -0.1) is 0 Å². The number of hydrogen-bond donors (Lipinski definition) is 1. The fourth-order valence-corrected chi connectivity index (χ4v) is 2.21. The molecule has 0 saturated carbocycles. The highest BCUT2D eigenvalue weighted by molar-refractivity contribution is 7.08. The summed E-state index contributed by atoms with van der Waals surface area (Å²) >= 11 is 1.49. The summed E-state index contributed by atoms with van der Waals surface area (Å²) in [5.41, 5.74) is 1.36. The third-order valence-corrected chi connectivity index (χ3v) is 3.10. The predicted molar refractivity (Wildman–Crippen MR) is 64.8 cm³/mol. The van der Waals surface area contributed by atoms with E-state index in [1.54, 1.807) is 24.3 Å². The van der Waals surface area contributed by atoms with E-state index in [4.69, 9.17) is 9.47 Å². The zero-order valence-corrected chi connectivity index (χ0v) is 9.62. The monoisotopic (exact) mass is 247 g/mol. The molecule has 1 aromatic heterocycles. The van der Waals surface area contributed by atoms with Crippen molar-refractivity contribution in [1.29, 1.82) is 0 Å². The fourth-order valence-electron chi connectivity index (χ4n) is 1.57. The van der Waals surface area contributed by atoms with Crippen molar-refractivity contribution in [2.24, 2.45) is 0 Å². The first-order valence-electron chi connectivity index (χ1n) is 5.06. The molecule has 2 heterocycles. The van der Waals surface area contributed by atoms with Crippen LogP contribution in [0.15, 0.2) is 35.0 Å². The second-order valence-electron chi connectivity index (χ2n) is 3.53. The van der Waals surface area contributed by atoms with Gasteiger partial charge in [0.2, 0.25) is 6.79 Å². The maximum atomic E-state index is 11.8. The molecular weight excluding hydrogens is 238 g/mol. The Bertz CT molecular complexity index is 551. The van der Waals surface area contributed by atoms with Crippen molar-refractivity contribution >= 4 is 22.9 Å². The van der Waals surface area contributed by atoms with Gasteiger partial charge in [-0.1, -0.05) is 0 Å². The standard InChI is InChI=1S/C12H9NO3S/c14-12(8-3-4-17-6-8)13-9-1-2-10-11(5-9)16-7-15-10/h1-6H,7H2,(H,13,14). The van der Waals surface area contributed by atoms with Crippen LogP contribution < -0.4 is 14.8 Å². The SMILES string of the molecule is O=C(Nc1ccc2c(c1)OCO2)c1ccsc1. The molecule has 0 bridgehead atoms. The summed E-state index contributed by atoms with van der Waals surface area (Å²) in [4.78, 5) is 11.8. The van der Waals surface area contributed by atoms with Crippen LogP contribution in [0.25, 0.3) is 0 Å². The lowest BCUT2D eigenvalue weighted by Gasteiger charge is -2.04. The quantitative estimate of drug-likeness (QED) is 0.887. The van der Waals surface area contributed by atoms with Gasteiger partial charge in [-0.25, -0.2) is 0 Å². The van der Waals surface area contributed by atoms with Gasteiger partial charge in [-0.3, -0.25) is 4.79 Å². The van der Waals surface area contributed by atoms with Crippen LogP contribution >= 0.6 is 11.3 Å². The highest BCUT2D eigenvalue weighted by Crippen LogP contribution is 2.34. The van der Waals surface area contributed by atoms with Gasteiger partial charge in [0.05, 0.1) is 5.56 Å². The van der Waals surface area contributed by atoms with Crippen molar-refractivity contribution in [3.05, 3.63) is 40.6 Å². The highest BCUT2D eigenvalue weighted by atomic mass is 32.1. The van der Waals surface area contributed by atoms with Crippen molar-refractivity contribution in [2.75, 3.05) is 12.1 Å². The smallest absolute Gasteiger partial charge is 0.256 e. The zero-order chi connectivity index (χ0) is 11.7. The lowest BCUT2D eigenvalue weighted by molar-refractivity contribution is 0.102. The summed E-state index contributed by atoms with van der Waals surface area (Å²) in [6.45, 7) is 0.233. The lowest BCUT2D eigenvalue weighted by Crippen LogP contribution is -2.10. The summed E-state index contributed by atoms with van der Waals surface area (Å²) in [6, 6.07) is 7.11. The van der Waals surface area contributed by atoms with E-state index in [0.29, 0.717) is 22.7 Å². The molecule has 1 aliphatic rings. The molecule has 1 amide bonds. The van der Waals surface area contributed by atoms with E-state index < -0.39 is 0 Å². The number of rotatable bonds is 2. The largest absolute Gasteiger partial charge is 0.454 e. The van der Waals surface area contributed by atoms with Crippen LogP contribution in [0.5, 0.6) is 11.5 Å². The molecule has 0 aliphatic carbocycles. The molecule has 1 aromatic carbocycles. The number of anilines is 1. The number of carbonyl (C=O) groups is 1. The van der Waals surface area contributed by atoms with Crippen molar-refractivity contribution in [3.8, 4) is 11.5 Å². The number of thiophene rings is 1. The maximum Gasteiger partial charge on any atom is 0.256 e. The second kappa shape index (κ2) is 4.10. The Morgan fingerprint density at radius 2 is 2.12 bits per heavy atom. The number of carbonyl (C=O) groups excluding carboxylic acids is 1. The molecule has 0 atom stereocenters. The van der Waals surface area contributed by atoms with E-state index in [1.165, 1.54) is 11.3 Å². The highest BCUT2D eigenvalue weighted by Gasteiger charge is 2.14. The Morgan fingerprint density at radius 1 is 1.24 bits per heavy atom. The molecule has 1 aliphatic heterocycles. The number of fused-ring (bicyclic) bond motifs is 1. The summed E-state index contributed by atoms with van der Waals surface area (Å²) in [5.74, 6) is 1.25. The van der Waals surface area contributed by atoms with E-state index in [1.807, 2.05) is 10.8 Å². The first-order chi connectivity index (χ1) is 8.33. The molecule has 0 saturated heterocycles. The molecule has 4 nitrogen and oxygen atoms in total. The van der Waals surface area contributed by atoms with Gasteiger partial charge < -0.3 is 14.8 Å². The number of ether oxygens (including phenoxy) is 2. The van der Waals surface area contributed by atoms with Gasteiger partial charge >= 0.3 is 0 Å². The van der Waals surface area contributed by atoms with Crippen molar-refractivity contribution in [2.45, 2.75) is 0 Å². The topological polar surface area (TPSA) is 47.6 Å². The summed E-state index contributed by atoms with van der Waals surface area (Å²) in [5, 5.41) is 6.48. The molecule has 0 fully saturated rings. The molecule has 17 heavy (non-hydrogen) atoms. The van der Waals surface area contributed by atoms with E-state index in [-0.39, 0.29) is 12.7 Å². The maximum absolute atomic E-state index is 11.8.